The van der Waals surface area contributed by atoms with Crippen LogP contribution >= 0.6 is 0 Å². The van der Waals surface area contributed by atoms with E-state index in [9.17, 15) is 0 Å². The van der Waals surface area contributed by atoms with E-state index < -0.39 is 0 Å². The summed E-state index contributed by atoms with van der Waals surface area (Å²) in [5.74, 6) is 1.18. The van der Waals surface area contributed by atoms with Crippen molar-refractivity contribution in [3.8, 4) is 0 Å². The van der Waals surface area contributed by atoms with Gasteiger partial charge in [0.2, 0.25) is 5.95 Å². The van der Waals surface area contributed by atoms with Crippen LogP contribution in [0.15, 0.2) is 6.07 Å². The molecule has 3 heteroatoms. The van der Waals surface area contributed by atoms with Gasteiger partial charge in [-0.15, -0.1) is 0 Å². The number of rotatable bonds is 4. The summed E-state index contributed by atoms with van der Waals surface area (Å²) < 4.78 is 0. The molecule has 0 aromatic carbocycles. The molecule has 0 spiro atoms. The molecule has 1 heterocycles. The molecule has 90 valence electrons. The van der Waals surface area contributed by atoms with Crippen LogP contribution in [0.25, 0.3) is 0 Å². The summed E-state index contributed by atoms with van der Waals surface area (Å²) in [6.07, 6.45) is 1.04. The molecule has 1 aromatic heterocycles. The van der Waals surface area contributed by atoms with E-state index in [0.29, 0.717) is 5.92 Å². The second-order valence-corrected chi connectivity index (χ2v) is 5.27. The molecule has 0 atom stereocenters. The van der Waals surface area contributed by atoms with Gasteiger partial charge in [-0.1, -0.05) is 20.8 Å². The number of aryl methyl sites for hydroxylation is 1. The van der Waals surface area contributed by atoms with E-state index in [1.807, 2.05) is 6.92 Å². The highest BCUT2D eigenvalue weighted by Crippen LogP contribution is 2.18. The second-order valence-electron chi connectivity index (χ2n) is 5.27. The van der Waals surface area contributed by atoms with E-state index in [4.69, 9.17) is 0 Å². The molecular formula is C13H23N3. The van der Waals surface area contributed by atoms with Crippen molar-refractivity contribution in [1.82, 2.24) is 9.97 Å². The van der Waals surface area contributed by atoms with Crippen LogP contribution in [0.2, 0.25) is 0 Å². The monoisotopic (exact) mass is 221 g/mol. The minimum absolute atomic E-state index is 0.0437. The lowest BCUT2D eigenvalue weighted by Gasteiger charge is -2.25. The Morgan fingerprint density at radius 3 is 2.44 bits per heavy atom. The third-order valence-electron chi connectivity index (χ3n) is 2.80. The minimum atomic E-state index is 0.0437. The maximum atomic E-state index is 4.54. The minimum Gasteiger partial charge on any atom is -0.349 e. The lowest BCUT2D eigenvalue weighted by Crippen LogP contribution is -2.31. The highest BCUT2D eigenvalue weighted by atomic mass is 15.1. The Kier molecular flexibility index (Phi) is 3.89. The second kappa shape index (κ2) is 4.81. The van der Waals surface area contributed by atoms with Gasteiger partial charge < -0.3 is 5.32 Å². The van der Waals surface area contributed by atoms with Crippen molar-refractivity contribution in [1.29, 1.82) is 0 Å². The molecule has 16 heavy (non-hydrogen) atoms. The Morgan fingerprint density at radius 1 is 1.31 bits per heavy atom. The van der Waals surface area contributed by atoms with Gasteiger partial charge in [0.1, 0.15) is 0 Å². The normalized spacial score (nSPS) is 11.9. The van der Waals surface area contributed by atoms with E-state index in [-0.39, 0.29) is 5.54 Å². The summed E-state index contributed by atoms with van der Waals surface area (Å²) in [4.78, 5) is 8.97. The third-order valence-corrected chi connectivity index (χ3v) is 2.80. The number of nitrogens with one attached hydrogen (secondary N) is 1. The number of hydrogen-bond donors (Lipinski definition) is 1. The fourth-order valence-corrected chi connectivity index (χ4v) is 1.34. The molecule has 1 aromatic rings. The largest absolute Gasteiger partial charge is 0.349 e. The number of hydrogen-bond acceptors (Lipinski definition) is 3. The highest BCUT2D eigenvalue weighted by Gasteiger charge is 2.16. The lowest BCUT2D eigenvalue weighted by atomic mass is 10.0. The molecule has 0 saturated heterocycles. The molecule has 0 unspecified atom stereocenters. The van der Waals surface area contributed by atoms with Gasteiger partial charge in [-0.25, -0.2) is 9.97 Å². The Balaban J connectivity index is 2.97. The van der Waals surface area contributed by atoms with Crippen molar-refractivity contribution < 1.29 is 0 Å². The maximum absolute atomic E-state index is 4.54. The Hall–Kier alpha value is -1.12. The van der Waals surface area contributed by atoms with Crippen LogP contribution in [0, 0.1) is 6.92 Å². The molecule has 0 bridgehead atoms. The molecule has 1 rings (SSSR count). The summed E-state index contributed by atoms with van der Waals surface area (Å²) >= 11 is 0. The van der Waals surface area contributed by atoms with Crippen LogP contribution in [0.5, 0.6) is 0 Å². The van der Waals surface area contributed by atoms with E-state index in [1.54, 1.807) is 0 Å². The van der Waals surface area contributed by atoms with Crippen molar-refractivity contribution in [2.75, 3.05) is 5.32 Å². The summed E-state index contributed by atoms with van der Waals surface area (Å²) in [6.45, 7) is 12.8. The standard InChI is InChI=1S/C13H23N3/c1-7-13(5,6)16-12-14-10(4)8-11(15-12)9(2)3/h8-9H,7H2,1-6H3,(H,14,15,16). The molecule has 0 amide bonds. The molecular weight excluding hydrogens is 198 g/mol. The Morgan fingerprint density at radius 2 is 1.94 bits per heavy atom. The van der Waals surface area contributed by atoms with E-state index >= 15 is 0 Å². The van der Waals surface area contributed by atoms with Crippen LogP contribution in [-0.4, -0.2) is 15.5 Å². The number of anilines is 1. The van der Waals surface area contributed by atoms with E-state index in [0.717, 1.165) is 23.8 Å². The first-order valence-corrected chi connectivity index (χ1v) is 5.98. The first-order valence-electron chi connectivity index (χ1n) is 5.98. The molecule has 1 N–H and O–H groups in total. The van der Waals surface area contributed by atoms with Crippen molar-refractivity contribution in [3.63, 3.8) is 0 Å². The molecule has 0 aliphatic heterocycles. The Bertz CT molecular complexity index is 356. The van der Waals surface area contributed by atoms with Crippen LogP contribution in [0.3, 0.4) is 0 Å². The average molecular weight is 221 g/mol. The summed E-state index contributed by atoms with van der Waals surface area (Å²) in [6, 6.07) is 2.05. The SMILES string of the molecule is CCC(C)(C)Nc1nc(C)cc(C(C)C)n1. The van der Waals surface area contributed by atoms with Crippen molar-refractivity contribution in [3.05, 3.63) is 17.5 Å². The van der Waals surface area contributed by atoms with Crippen molar-refractivity contribution in [2.24, 2.45) is 0 Å². The zero-order valence-corrected chi connectivity index (χ0v) is 11.3. The highest BCUT2D eigenvalue weighted by molar-refractivity contribution is 5.32. The fourth-order valence-electron chi connectivity index (χ4n) is 1.34. The van der Waals surface area contributed by atoms with Gasteiger partial charge in [-0.3, -0.25) is 0 Å². The predicted octanol–water partition coefficient (Wildman–Crippen LogP) is 3.51. The molecule has 0 fully saturated rings. The molecule has 0 aliphatic carbocycles. The van der Waals surface area contributed by atoms with Gasteiger partial charge >= 0.3 is 0 Å². The molecule has 0 aliphatic rings. The van der Waals surface area contributed by atoms with Gasteiger partial charge in [0.15, 0.2) is 0 Å². The third kappa shape index (κ3) is 3.47. The summed E-state index contributed by atoms with van der Waals surface area (Å²) in [7, 11) is 0. The van der Waals surface area contributed by atoms with Crippen molar-refractivity contribution >= 4 is 5.95 Å². The molecule has 3 nitrogen and oxygen atoms in total. The van der Waals surface area contributed by atoms with Gasteiger partial charge in [0, 0.05) is 16.9 Å². The van der Waals surface area contributed by atoms with Gasteiger partial charge in [-0.2, -0.15) is 0 Å². The first-order chi connectivity index (χ1) is 7.34. The van der Waals surface area contributed by atoms with Crippen LogP contribution < -0.4 is 5.32 Å². The van der Waals surface area contributed by atoms with Crippen molar-refractivity contribution in [2.45, 2.75) is 59.4 Å². The topological polar surface area (TPSA) is 37.8 Å². The van der Waals surface area contributed by atoms with Gasteiger partial charge in [-0.05, 0) is 39.2 Å². The van der Waals surface area contributed by atoms with Crippen LogP contribution in [-0.2, 0) is 0 Å². The van der Waals surface area contributed by atoms with E-state index in [1.165, 1.54) is 0 Å². The van der Waals surface area contributed by atoms with Gasteiger partial charge in [0.05, 0.1) is 0 Å². The summed E-state index contributed by atoms with van der Waals surface area (Å²) in [5, 5.41) is 3.38. The lowest BCUT2D eigenvalue weighted by molar-refractivity contribution is 0.541. The zero-order valence-electron chi connectivity index (χ0n) is 11.3. The average Bonchev–Trinajstić information content (AvgIpc) is 2.16. The molecule has 0 saturated carbocycles. The molecule has 0 radical (unpaired) electrons. The predicted molar refractivity (Wildman–Crippen MR) is 68.9 cm³/mol. The van der Waals surface area contributed by atoms with Gasteiger partial charge in [0.25, 0.3) is 0 Å². The number of nitrogens with zero attached hydrogens (tertiary/aromatic N) is 2. The zero-order chi connectivity index (χ0) is 12.3. The van der Waals surface area contributed by atoms with Crippen LogP contribution in [0.1, 0.15) is 58.3 Å². The summed E-state index contributed by atoms with van der Waals surface area (Å²) in [5.41, 5.74) is 2.16. The quantitative estimate of drug-likeness (QED) is 0.845. The smallest absolute Gasteiger partial charge is 0.223 e. The maximum Gasteiger partial charge on any atom is 0.223 e. The fraction of sp³-hybridized carbons (Fsp3) is 0.692. The Labute approximate surface area is 98.7 Å². The first kappa shape index (κ1) is 12.9. The number of aromatic nitrogens is 2. The van der Waals surface area contributed by atoms with E-state index in [2.05, 4.69) is 56.0 Å². The van der Waals surface area contributed by atoms with Crippen LogP contribution in [0.4, 0.5) is 5.95 Å².